The van der Waals surface area contributed by atoms with Crippen LogP contribution in [-0.2, 0) is 28.5 Å². The molecule has 0 radical (unpaired) electrons. The first-order chi connectivity index (χ1) is 12.0. The van der Waals surface area contributed by atoms with Crippen LogP contribution in [0.25, 0.3) is 0 Å². The molecule has 6 nitrogen and oxygen atoms in total. The van der Waals surface area contributed by atoms with Crippen molar-refractivity contribution in [1.29, 1.82) is 0 Å². The number of carbonyl (C=O) groups excluding carboxylic acids is 2. The highest BCUT2D eigenvalue weighted by Crippen LogP contribution is 2.30. The molecule has 25 heavy (non-hydrogen) atoms. The van der Waals surface area contributed by atoms with Gasteiger partial charge in [0.2, 0.25) is 0 Å². The van der Waals surface area contributed by atoms with E-state index in [-0.39, 0.29) is 35.7 Å². The molecule has 1 unspecified atom stereocenters. The Kier molecular flexibility index (Phi) is 16.3. The minimum atomic E-state index is -0.549. The van der Waals surface area contributed by atoms with E-state index in [4.69, 9.17) is 18.9 Å². The average Bonchev–Trinajstić information content (AvgIpc) is 2.62. The lowest BCUT2D eigenvalue weighted by molar-refractivity contribution is -0.139. The maximum atomic E-state index is 12.0. The van der Waals surface area contributed by atoms with Gasteiger partial charge in [-0.2, -0.15) is 0 Å². The summed E-state index contributed by atoms with van der Waals surface area (Å²) in [4.78, 5) is 23.8. The Bertz CT molecular complexity index is 456. The molecular weight excluding hydrogens is 344 g/mol. The van der Waals surface area contributed by atoms with Crippen LogP contribution in [0, 0.1) is 0 Å². The molecule has 146 valence electrons. The summed E-state index contributed by atoms with van der Waals surface area (Å²) in [7, 11) is 0. The molecule has 0 spiro atoms. The first-order valence-electron chi connectivity index (χ1n) is 8.67. The molecule has 1 aliphatic heterocycles. The van der Waals surface area contributed by atoms with Gasteiger partial charge in [0.25, 0.3) is 0 Å². The monoisotopic (exact) mass is 376 g/mol. The zero-order chi connectivity index (χ0) is 19.8. The van der Waals surface area contributed by atoms with E-state index in [0.29, 0.717) is 6.61 Å². The highest BCUT2D eigenvalue weighted by molar-refractivity contribution is 8.03. The van der Waals surface area contributed by atoms with Crippen LogP contribution in [0.2, 0.25) is 0 Å². The van der Waals surface area contributed by atoms with Gasteiger partial charge in [-0.25, -0.2) is 9.59 Å². The molecule has 0 aromatic rings. The molecule has 1 heterocycles. The fourth-order valence-corrected chi connectivity index (χ4v) is 2.15. The third-order valence-electron chi connectivity index (χ3n) is 2.42. The summed E-state index contributed by atoms with van der Waals surface area (Å²) >= 11 is 1.18. The maximum absolute atomic E-state index is 12.0. The second-order valence-electron chi connectivity index (χ2n) is 4.08. The van der Waals surface area contributed by atoms with Crippen molar-refractivity contribution in [3.05, 3.63) is 22.5 Å². The number of thioether (sulfide) groups is 1. The summed E-state index contributed by atoms with van der Waals surface area (Å²) in [5.74, 6) is -0.656. The van der Waals surface area contributed by atoms with Crippen LogP contribution in [0.1, 0.15) is 48.5 Å². The van der Waals surface area contributed by atoms with Gasteiger partial charge in [0.1, 0.15) is 17.6 Å². The molecule has 1 fully saturated rings. The van der Waals surface area contributed by atoms with Crippen LogP contribution in [0.5, 0.6) is 0 Å². The Hall–Kier alpha value is -1.63. The first-order valence-corrected chi connectivity index (χ1v) is 9.89. The Morgan fingerprint density at radius 3 is 2.20 bits per heavy atom. The minimum Gasteiger partial charge on any atom is -0.486 e. The minimum absolute atomic E-state index is 0.184. The van der Waals surface area contributed by atoms with Crippen molar-refractivity contribution in [2.24, 2.45) is 0 Å². The maximum Gasteiger partial charge on any atom is 0.348 e. The number of hydrogen-bond donors (Lipinski definition) is 0. The highest BCUT2D eigenvalue weighted by Gasteiger charge is 2.28. The topological polar surface area (TPSA) is 71.1 Å². The van der Waals surface area contributed by atoms with Crippen molar-refractivity contribution in [2.75, 3.05) is 26.1 Å². The summed E-state index contributed by atoms with van der Waals surface area (Å²) in [6, 6.07) is 0. The van der Waals surface area contributed by atoms with Crippen LogP contribution in [0.4, 0.5) is 0 Å². The van der Waals surface area contributed by atoms with Crippen LogP contribution < -0.4 is 0 Å². The predicted octanol–water partition coefficient (Wildman–Crippen LogP) is 4.06. The molecule has 1 saturated heterocycles. The standard InChI is InChI=1S/C14H20O6S.2C2H6/c1-5-17-11(15)7-10-12(20-9(3)8-19-10)13(21-4)14(16)18-6-2;2*1-2/h7,9H,5-6,8H2,1-4H3;2*1-2H3/b10-7-,13-12+;;. The molecule has 0 amide bonds. The molecule has 0 aromatic heterocycles. The molecule has 0 N–H and O–H groups in total. The van der Waals surface area contributed by atoms with E-state index < -0.39 is 11.9 Å². The largest absolute Gasteiger partial charge is 0.486 e. The fraction of sp³-hybridized carbons (Fsp3) is 0.667. The van der Waals surface area contributed by atoms with Crippen LogP contribution in [-0.4, -0.2) is 44.1 Å². The van der Waals surface area contributed by atoms with Gasteiger partial charge < -0.3 is 18.9 Å². The van der Waals surface area contributed by atoms with Crippen molar-refractivity contribution in [2.45, 2.75) is 54.6 Å². The molecule has 0 saturated carbocycles. The van der Waals surface area contributed by atoms with E-state index in [2.05, 4.69) is 0 Å². The zero-order valence-corrected chi connectivity index (χ0v) is 17.5. The SMILES string of the molecule is CC.CC.CCOC(=O)/C=C1\OCC(C)O\C1=C(\SC)C(=O)OCC. The van der Waals surface area contributed by atoms with E-state index in [1.165, 1.54) is 17.8 Å². The third kappa shape index (κ3) is 9.43. The lowest BCUT2D eigenvalue weighted by atomic mass is 10.3. The van der Waals surface area contributed by atoms with Crippen molar-refractivity contribution >= 4 is 23.7 Å². The second-order valence-corrected chi connectivity index (χ2v) is 4.90. The van der Waals surface area contributed by atoms with Gasteiger partial charge in [0.15, 0.2) is 11.5 Å². The Morgan fingerprint density at radius 2 is 1.72 bits per heavy atom. The van der Waals surface area contributed by atoms with Crippen LogP contribution in [0.3, 0.4) is 0 Å². The highest BCUT2D eigenvalue weighted by atomic mass is 32.2. The van der Waals surface area contributed by atoms with Gasteiger partial charge in [-0.15, -0.1) is 11.8 Å². The summed E-state index contributed by atoms with van der Waals surface area (Å²) in [6.07, 6.45) is 2.68. The Labute approximate surface area is 155 Å². The first kappa shape index (κ1) is 25.6. The van der Waals surface area contributed by atoms with Gasteiger partial charge in [0, 0.05) is 0 Å². The Morgan fingerprint density at radius 1 is 1.16 bits per heavy atom. The molecular formula is C18H32O6S. The number of ether oxygens (including phenoxy) is 4. The smallest absolute Gasteiger partial charge is 0.348 e. The summed E-state index contributed by atoms with van der Waals surface area (Å²) in [5.41, 5.74) is 0. The number of rotatable bonds is 5. The van der Waals surface area contributed by atoms with Crippen molar-refractivity contribution < 1.29 is 28.5 Å². The van der Waals surface area contributed by atoms with E-state index in [0.717, 1.165) is 0 Å². The molecule has 1 rings (SSSR count). The van der Waals surface area contributed by atoms with Crippen LogP contribution >= 0.6 is 11.8 Å². The molecule has 0 aliphatic carbocycles. The number of carbonyl (C=O) groups is 2. The van der Waals surface area contributed by atoms with Gasteiger partial charge in [0.05, 0.1) is 19.3 Å². The second kappa shape index (κ2) is 15.9. The average molecular weight is 377 g/mol. The third-order valence-corrected chi connectivity index (χ3v) is 3.18. The molecule has 0 bridgehead atoms. The van der Waals surface area contributed by atoms with E-state index in [9.17, 15) is 9.59 Å². The summed E-state index contributed by atoms with van der Waals surface area (Å²) in [5, 5.41) is 0. The normalized spacial score (nSPS) is 19.0. The van der Waals surface area contributed by atoms with Crippen molar-refractivity contribution in [3.63, 3.8) is 0 Å². The Balaban J connectivity index is 0. The lowest BCUT2D eigenvalue weighted by Crippen LogP contribution is -2.26. The molecule has 1 aliphatic rings. The zero-order valence-electron chi connectivity index (χ0n) is 16.6. The lowest BCUT2D eigenvalue weighted by Gasteiger charge is -2.27. The van der Waals surface area contributed by atoms with Crippen molar-refractivity contribution in [3.8, 4) is 0 Å². The quantitative estimate of drug-likeness (QED) is 0.529. The van der Waals surface area contributed by atoms with E-state index in [1.54, 1.807) is 20.1 Å². The number of esters is 2. The van der Waals surface area contributed by atoms with Crippen LogP contribution in [0.15, 0.2) is 22.5 Å². The van der Waals surface area contributed by atoms with Gasteiger partial charge in [-0.3, -0.25) is 0 Å². The van der Waals surface area contributed by atoms with Gasteiger partial charge in [-0.1, -0.05) is 27.7 Å². The number of hydrogen-bond acceptors (Lipinski definition) is 7. The van der Waals surface area contributed by atoms with Crippen molar-refractivity contribution in [1.82, 2.24) is 0 Å². The fourth-order valence-electron chi connectivity index (χ4n) is 1.59. The summed E-state index contributed by atoms with van der Waals surface area (Å²) < 4.78 is 21.0. The molecule has 0 aromatic carbocycles. The van der Waals surface area contributed by atoms with Gasteiger partial charge in [-0.05, 0) is 27.0 Å². The van der Waals surface area contributed by atoms with E-state index in [1.807, 2.05) is 34.6 Å². The van der Waals surface area contributed by atoms with Gasteiger partial charge >= 0.3 is 11.9 Å². The molecule has 1 atom stereocenters. The predicted molar refractivity (Wildman–Crippen MR) is 101 cm³/mol. The molecule has 7 heteroatoms. The van der Waals surface area contributed by atoms with E-state index >= 15 is 0 Å². The summed E-state index contributed by atoms with van der Waals surface area (Å²) in [6.45, 7) is 14.0.